The maximum absolute atomic E-state index is 12.5. The normalized spacial score (nSPS) is 26.0. The molecule has 1 fully saturated rings. The molecule has 0 aromatic carbocycles. The maximum Gasteiger partial charge on any atom is 0.341 e. The molecule has 0 saturated heterocycles. The maximum atomic E-state index is 12.5. The third-order valence-electron chi connectivity index (χ3n) is 2.72. The van der Waals surface area contributed by atoms with Crippen molar-refractivity contribution in [1.29, 1.82) is 0 Å². The van der Waals surface area contributed by atoms with Gasteiger partial charge in [0, 0.05) is 6.42 Å². The summed E-state index contributed by atoms with van der Waals surface area (Å²) in [6.07, 6.45) is 2.81. The average molecular weight is 246 g/mol. The molecule has 0 unspecified atom stereocenters. The van der Waals surface area contributed by atoms with E-state index < -0.39 is 13.3 Å². The van der Waals surface area contributed by atoms with Gasteiger partial charge >= 0.3 is 7.60 Å². The van der Waals surface area contributed by atoms with Crippen LogP contribution in [-0.2, 0) is 18.4 Å². The van der Waals surface area contributed by atoms with E-state index in [4.69, 9.17) is 9.05 Å². The zero-order chi connectivity index (χ0) is 12.2. The van der Waals surface area contributed by atoms with E-state index in [1.165, 1.54) is 0 Å². The minimum absolute atomic E-state index is 0.0323. The largest absolute Gasteiger partial charge is 0.341 e. The van der Waals surface area contributed by atoms with Crippen LogP contribution in [0.15, 0.2) is 12.7 Å². The van der Waals surface area contributed by atoms with Crippen LogP contribution in [0.25, 0.3) is 0 Å². The quantitative estimate of drug-likeness (QED) is 0.534. The van der Waals surface area contributed by atoms with Crippen LogP contribution in [0.2, 0.25) is 0 Å². The second kappa shape index (κ2) is 5.76. The van der Waals surface area contributed by atoms with Crippen LogP contribution in [0.5, 0.6) is 0 Å². The highest BCUT2D eigenvalue weighted by molar-refractivity contribution is 7.55. The van der Waals surface area contributed by atoms with Crippen molar-refractivity contribution in [1.82, 2.24) is 0 Å². The van der Waals surface area contributed by atoms with E-state index in [0.717, 1.165) is 0 Å². The van der Waals surface area contributed by atoms with Gasteiger partial charge in [-0.25, -0.2) is 0 Å². The molecule has 2 atom stereocenters. The molecule has 0 spiro atoms. The van der Waals surface area contributed by atoms with Crippen LogP contribution >= 0.6 is 7.60 Å². The predicted octanol–water partition coefficient (Wildman–Crippen LogP) is 2.79. The molecule has 1 aliphatic carbocycles. The molecule has 16 heavy (non-hydrogen) atoms. The van der Waals surface area contributed by atoms with Crippen LogP contribution in [0, 0.1) is 5.92 Å². The lowest BCUT2D eigenvalue weighted by Gasteiger charge is -2.24. The molecule has 0 aromatic rings. The summed E-state index contributed by atoms with van der Waals surface area (Å²) in [7, 11) is -3.32. The van der Waals surface area contributed by atoms with Crippen molar-refractivity contribution < 1.29 is 18.4 Å². The Morgan fingerprint density at radius 2 is 2.00 bits per heavy atom. The molecule has 4 nitrogen and oxygen atoms in total. The first-order valence-electron chi connectivity index (χ1n) is 5.63. The van der Waals surface area contributed by atoms with Crippen molar-refractivity contribution in [2.45, 2.75) is 32.3 Å². The Kier molecular flexibility index (Phi) is 4.90. The highest BCUT2D eigenvalue weighted by Crippen LogP contribution is 2.58. The van der Waals surface area contributed by atoms with Gasteiger partial charge in [0.1, 0.15) is 11.4 Å². The molecule has 0 N–H and O–H groups in total. The van der Waals surface area contributed by atoms with Crippen molar-refractivity contribution >= 4 is 13.4 Å². The van der Waals surface area contributed by atoms with E-state index in [2.05, 4.69) is 6.58 Å². The van der Waals surface area contributed by atoms with Crippen LogP contribution in [-0.4, -0.2) is 24.7 Å². The summed E-state index contributed by atoms with van der Waals surface area (Å²) in [5.74, 6) is -0.119. The Morgan fingerprint density at radius 1 is 1.44 bits per heavy atom. The number of hydrogen-bond acceptors (Lipinski definition) is 4. The van der Waals surface area contributed by atoms with Gasteiger partial charge in [-0.2, -0.15) is 0 Å². The molecule has 1 aliphatic rings. The van der Waals surface area contributed by atoms with E-state index in [0.29, 0.717) is 12.8 Å². The Morgan fingerprint density at radius 3 is 2.44 bits per heavy atom. The third-order valence-corrected chi connectivity index (χ3v) is 5.31. The molecule has 0 bridgehead atoms. The van der Waals surface area contributed by atoms with Crippen LogP contribution < -0.4 is 0 Å². The van der Waals surface area contributed by atoms with Gasteiger partial charge in [0.05, 0.1) is 13.2 Å². The van der Waals surface area contributed by atoms with Crippen LogP contribution in [0.3, 0.4) is 0 Å². The Bertz CT molecular complexity index is 303. The summed E-state index contributed by atoms with van der Waals surface area (Å²) in [6.45, 7) is 7.73. The highest BCUT2D eigenvalue weighted by Gasteiger charge is 2.48. The number of ketones is 1. The molecule has 0 amide bonds. The standard InChI is InChI=1S/C11H19O4P/c1-4-9-7-8-10(12)11(9)16(13,14-5-2)15-6-3/h4,9,11H,1,5-8H2,2-3H3/t9-,11+/m1/s1. The fourth-order valence-electron chi connectivity index (χ4n) is 2.07. The summed E-state index contributed by atoms with van der Waals surface area (Å²) in [5, 5.41) is 0. The number of Topliss-reactive ketones (excluding diaryl/α,β-unsaturated/α-hetero) is 1. The second-order valence-electron chi connectivity index (χ2n) is 3.72. The number of hydrogen-bond donors (Lipinski definition) is 0. The van der Waals surface area contributed by atoms with Crippen LogP contribution in [0.1, 0.15) is 26.7 Å². The Balaban J connectivity index is 2.95. The van der Waals surface area contributed by atoms with Gasteiger partial charge in [0.15, 0.2) is 0 Å². The topological polar surface area (TPSA) is 52.6 Å². The first-order chi connectivity index (χ1) is 7.59. The highest BCUT2D eigenvalue weighted by atomic mass is 31.2. The van der Waals surface area contributed by atoms with Crippen molar-refractivity contribution in [2.75, 3.05) is 13.2 Å². The van der Waals surface area contributed by atoms with E-state index in [1.54, 1.807) is 19.9 Å². The molecule has 1 saturated carbocycles. The second-order valence-corrected chi connectivity index (χ2v) is 5.88. The van der Waals surface area contributed by atoms with Gasteiger partial charge < -0.3 is 9.05 Å². The summed E-state index contributed by atoms with van der Waals surface area (Å²) < 4.78 is 22.9. The predicted molar refractivity (Wildman–Crippen MR) is 62.6 cm³/mol. The molecule has 0 aliphatic heterocycles. The fraction of sp³-hybridized carbons (Fsp3) is 0.727. The van der Waals surface area contributed by atoms with Crippen molar-refractivity contribution in [3.63, 3.8) is 0 Å². The molecule has 1 rings (SSSR count). The molecule has 0 aromatic heterocycles. The smallest absolute Gasteiger partial charge is 0.308 e. The monoisotopic (exact) mass is 246 g/mol. The molecular weight excluding hydrogens is 227 g/mol. The fourth-order valence-corrected chi connectivity index (χ4v) is 4.41. The zero-order valence-corrected chi connectivity index (χ0v) is 10.7. The first-order valence-corrected chi connectivity index (χ1v) is 7.24. The van der Waals surface area contributed by atoms with Gasteiger partial charge in [-0.3, -0.25) is 9.36 Å². The Labute approximate surface area is 96.5 Å². The van der Waals surface area contributed by atoms with E-state index in [1.807, 2.05) is 0 Å². The van der Waals surface area contributed by atoms with Crippen molar-refractivity contribution in [3.8, 4) is 0 Å². The molecule has 5 heteroatoms. The number of rotatable bonds is 6. The summed E-state index contributed by atoms with van der Waals surface area (Å²) >= 11 is 0. The summed E-state index contributed by atoms with van der Waals surface area (Å²) in [6, 6.07) is 0. The lowest BCUT2D eigenvalue weighted by molar-refractivity contribution is -0.117. The Hall–Kier alpha value is -0.440. The molecular formula is C11H19O4P. The van der Waals surface area contributed by atoms with Crippen LogP contribution in [0.4, 0.5) is 0 Å². The number of carbonyl (C=O) groups is 1. The lowest BCUT2D eigenvalue weighted by Crippen LogP contribution is -2.23. The third kappa shape index (κ3) is 2.62. The van der Waals surface area contributed by atoms with Crippen molar-refractivity contribution in [2.24, 2.45) is 5.92 Å². The zero-order valence-electron chi connectivity index (χ0n) is 9.85. The number of carbonyl (C=O) groups excluding carboxylic acids is 1. The van der Waals surface area contributed by atoms with Gasteiger partial charge in [0.2, 0.25) is 0 Å². The molecule has 92 valence electrons. The van der Waals surface area contributed by atoms with Gasteiger partial charge in [-0.1, -0.05) is 6.08 Å². The van der Waals surface area contributed by atoms with E-state index >= 15 is 0 Å². The number of allylic oxidation sites excluding steroid dienone is 1. The minimum Gasteiger partial charge on any atom is -0.308 e. The van der Waals surface area contributed by atoms with Gasteiger partial charge in [-0.05, 0) is 26.2 Å². The van der Waals surface area contributed by atoms with E-state index in [9.17, 15) is 9.36 Å². The lowest BCUT2D eigenvalue weighted by atomic mass is 10.1. The minimum atomic E-state index is -3.32. The summed E-state index contributed by atoms with van der Waals surface area (Å²) in [4.78, 5) is 11.8. The average Bonchev–Trinajstić information content (AvgIpc) is 2.60. The molecule has 0 radical (unpaired) electrons. The SMILES string of the molecule is C=C[C@@H]1CCC(=O)[C@H]1P(=O)(OCC)OCC. The summed E-state index contributed by atoms with van der Waals surface area (Å²) in [5.41, 5.74) is -0.648. The first kappa shape index (κ1) is 13.6. The van der Waals surface area contributed by atoms with Crippen molar-refractivity contribution in [3.05, 3.63) is 12.7 Å². The van der Waals surface area contributed by atoms with Gasteiger partial charge in [0.25, 0.3) is 0 Å². The molecule has 0 heterocycles. The van der Waals surface area contributed by atoms with Gasteiger partial charge in [-0.15, -0.1) is 6.58 Å². The van der Waals surface area contributed by atoms with E-state index in [-0.39, 0.29) is 24.9 Å².